The van der Waals surface area contributed by atoms with Gasteiger partial charge >= 0.3 is 0 Å². The molecule has 3 aromatic rings. The number of aromatic nitrogens is 2. The fourth-order valence-corrected chi connectivity index (χ4v) is 2.30. The summed E-state index contributed by atoms with van der Waals surface area (Å²) in [6.07, 6.45) is 1.73. The summed E-state index contributed by atoms with van der Waals surface area (Å²) in [5.74, 6) is 2.02. The fourth-order valence-electron chi connectivity index (χ4n) is 2.30. The van der Waals surface area contributed by atoms with Gasteiger partial charge in [0.15, 0.2) is 0 Å². The van der Waals surface area contributed by atoms with Crippen molar-refractivity contribution >= 4 is 11.7 Å². The van der Waals surface area contributed by atoms with Gasteiger partial charge < -0.3 is 14.5 Å². The van der Waals surface area contributed by atoms with Crippen LogP contribution in [0.1, 0.15) is 11.5 Å². The number of aryl methyl sites for hydroxylation is 1. The van der Waals surface area contributed by atoms with Gasteiger partial charge in [-0.3, -0.25) is 4.79 Å². The first-order valence-electron chi connectivity index (χ1n) is 7.48. The molecule has 0 aliphatic carbocycles. The third-order valence-corrected chi connectivity index (χ3v) is 3.49. The molecule has 0 saturated heterocycles. The number of methoxy groups -OCH3 is 1. The predicted molar refractivity (Wildman–Crippen MR) is 89.8 cm³/mol. The standard InChI is InChI=1S/C18H17N3O3/c1-12-14(11-17(22)21-16-9-5-6-10-19-16)20-18(24-12)13-7-3-4-8-15(13)23-2/h3-10H,11H2,1-2H3,(H,19,21,22). The van der Waals surface area contributed by atoms with Crippen LogP contribution in [0, 0.1) is 6.92 Å². The van der Waals surface area contributed by atoms with E-state index in [1.165, 1.54) is 0 Å². The molecule has 1 aromatic carbocycles. The maximum atomic E-state index is 12.1. The molecular formula is C18H17N3O3. The number of carbonyl (C=O) groups is 1. The van der Waals surface area contributed by atoms with Crippen LogP contribution in [0.5, 0.6) is 5.75 Å². The third kappa shape index (κ3) is 3.43. The Kier molecular flexibility index (Phi) is 4.56. The van der Waals surface area contributed by atoms with Gasteiger partial charge in [-0.25, -0.2) is 9.97 Å². The maximum Gasteiger partial charge on any atom is 0.231 e. The molecule has 0 saturated carbocycles. The van der Waals surface area contributed by atoms with Crippen molar-refractivity contribution < 1.29 is 13.9 Å². The number of anilines is 1. The van der Waals surface area contributed by atoms with Gasteiger partial charge in [0.05, 0.1) is 24.8 Å². The Hall–Kier alpha value is -3.15. The van der Waals surface area contributed by atoms with E-state index in [9.17, 15) is 4.79 Å². The van der Waals surface area contributed by atoms with E-state index in [1.54, 1.807) is 32.4 Å². The van der Waals surface area contributed by atoms with Gasteiger partial charge in [0.1, 0.15) is 17.3 Å². The lowest BCUT2D eigenvalue weighted by Gasteiger charge is -2.03. The number of benzene rings is 1. The highest BCUT2D eigenvalue weighted by atomic mass is 16.5. The highest BCUT2D eigenvalue weighted by Crippen LogP contribution is 2.30. The number of hydrogen-bond acceptors (Lipinski definition) is 5. The van der Waals surface area contributed by atoms with Crippen LogP contribution in [0.25, 0.3) is 11.5 Å². The maximum absolute atomic E-state index is 12.1. The fraction of sp³-hybridized carbons (Fsp3) is 0.167. The first kappa shape index (κ1) is 15.7. The van der Waals surface area contributed by atoms with Gasteiger partial charge in [-0.05, 0) is 31.2 Å². The van der Waals surface area contributed by atoms with E-state index in [4.69, 9.17) is 9.15 Å². The zero-order valence-corrected chi connectivity index (χ0v) is 13.4. The summed E-state index contributed by atoms with van der Waals surface area (Å²) >= 11 is 0. The highest BCUT2D eigenvalue weighted by Gasteiger charge is 2.17. The van der Waals surface area contributed by atoms with Gasteiger partial charge in [-0.1, -0.05) is 18.2 Å². The minimum Gasteiger partial charge on any atom is -0.496 e. The number of nitrogens with zero attached hydrogens (tertiary/aromatic N) is 2. The first-order valence-corrected chi connectivity index (χ1v) is 7.48. The van der Waals surface area contributed by atoms with Crippen LogP contribution in [0.4, 0.5) is 5.82 Å². The number of ether oxygens (including phenoxy) is 1. The number of pyridine rings is 1. The van der Waals surface area contributed by atoms with E-state index in [-0.39, 0.29) is 12.3 Å². The van der Waals surface area contributed by atoms with Crippen molar-refractivity contribution in [1.82, 2.24) is 9.97 Å². The van der Waals surface area contributed by atoms with Crippen molar-refractivity contribution in [1.29, 1.82) is 0 Å². The molecule has 0 spiro atoms. The van der Waals surface area contributed by atoms with Crippen LogP contribution < -0.4 is 10.1 Å². The van der Waals surface area contributed by atoms with E-state index in [0.717, 1.165) is 5.56 Å². The van der Waals surface area contributed by atoms with Gasteiger partial charge in [0.25, 0.3) is 0 Å². The number of para-hydroxylation sites is 1. The summed E-state index contributed by atoms with van der Waals surface area (Å²) < 4.78 is 11.0. The molecule has 2 aromatic heterocycles. The van der Waals surface area contributed by atoms with Gasteiger partial charge in [0, 0.05) is 6.20 Å². The van der Waals surface area contributed by atoms with Gasteiger partial charge in [-0.2, -0.15) is 0 Å². The summed E-state index contributed by atoms with van der Waals surface area (Å²) in [7, 11) is 1.59. The van der Waals surface area contributed by atoms with E-state index in [1.807, 2.05) is 30.3 Å². The number of oxazole rings is 1. The molecular weight excluding hydrogens is 306 g/mol. The minimum absolute atomic E-state index is 0.112. The molecule has 2 heterocycles. The molecule has 0 unspecified atom stereocenters. The molecule has 1 N–H and O–H groups in total. The van der Waals surface area contributed by atoms with Crippen molar-refractivity contribution in [2.45, 2.75) is 13.3 Å². The lowest BCUT2D eigenvalue weighted by atomic mass is 10.2. The quantitative estimate of drug-likeness (QED) is 0.780. The average molecular weight is 323 g/mol. The van der Waals surface area contributed by atoms with Crippen molar-refractivity contribution in [2.75, 3.05) is 12.4 Å². The summed E-state index contributed by atoms with van der Waals surface area (Å²) in [5.41, 5.74) is 1.34. The van der Waals surface area contributed by atoms with E-state index in [0.29, 0.717) is 28.9 Å². The second-order valence-electron chi connectivity index (χ2n) is 5.16. The monoisotopic (exact) mass is 323 g/mol. The largest absolute Gasteiger partial charge is 0.496 e. The van der Waals surface area contributed by atoms with E-state index in [2.05, 4.69) is 15.3 Å². The number of amides is 1. The molecule has 0 aliphatic heterocycles. The molecule has 0 atom stereocenters. The second-order valence-corrected chi connectivity index (χ2v) is 5.16. The van der Waals surface area contributed by atoms with Crippen molar-refractivity contribution in [3.8, 4) is 17.2 Å². The van der Waals surface area contributed by atoms with Crippen LogP contribution in [0.3, 0.4) is 0 Å². The Labute approximate surface area is 139 Å². The van der Waals surface area contributed by atoms with Crippen LogP contribution in [-0.4, -0.2) is 23.0 Å². The summed E-state index contributed by atoms with van der Waals surface area (Å²) in [4.78, 5) is 20.7. The predicted octanol–water partition coefficient (Wildman–Crippen LogP) is 3.23. The molecule has 0 radical (unpaired) electrons. The summed E-state index contributed by atoms with van der Waals surface area (Å²) in [6, 6.07) is 12.8. The Morgan fingerprint density at radius 1 is 1.21 bits per heavy atom. The zero-order valence-electron chi connectivity index (χ0n) is 13.4. The Morgan fingerprint density at radius 3 is 2.75 bits per heavy atom. The number of nitrogens with one attached hydrogen (secondary N) is 1. The smallest absolute Gasteiger partial charge is 0.231 e. The normalized spacial score (nSPS) is 10.4. The van der Waals surface area contributed by atoms with Crippen molar-refractivity contribution in [3.63, 3.8) is 0 Å². The Morgan fingerprint density at radius 2 is 2.00 bits per heavy atom. The highest BCUT2D eigenvalue weighted by molar-refractivity contribution is 5.91. The lowest BCUT2D eigenvalue weighted by molar-refractivity contribution is -0.115. The number of rotatable bonds is 5. The third-order valence-electron chi connectivity index (χ3n) is 3.49. The molecule has 24 heavy (non-hydrogen) atoms. The minimum atomic E-state index is -0.198. The molecule has 1 amide bonds. The number of carbonyl (C=O) groups excluding carboxylic acids is 1. The molecule has 3 rings (SSSR count). The molecule has 0 aliphatic rings. The van der Waals surface area contributed by atoms with Crippen LogP contribution >= 0.6 is 0 Å². The first-order chi connectivity index (χ1) is 11.7. The SMILES string of the molecule is COc1ccccc1-c1nc(CC(=O)Nc2ccccn2)c(C)o1. The van der Waals surface area contributed by atoms with Crippen LogP contribution in [0.2, 0.25) is 0 Å². The Bertz CT molecular complexity index is 844. The molecule has 0 fully saturated rings. The van der Waals surface area contributed by atoms with E-state index >= 15 is 0 Å². The molecule has 6 heteroatoms. The Balaban J connectivity index is 1.78. The van der Waals surface area contributed by atoms with E-state index < -0.39 is 0 Å². The molecule has 0 bridgehead atoms. The van der Waals surface area contributed by atoms with Gasteiger partial charge in [0.2, 0.25) is 11.8 Å². The average Bonchev–Trinajstić information content (AvgIpc) is 2.96. The zero-order chi connectivity index (χ0) is 16.9. The van der Waals surface area contributed by atoms with Crippen molar-refractivity contribution in [3.05, 3.63) is 60.1 Å². The summed E-state index contributed by atoms with van der Waals surface area (Å²) in [6.45, 7) is 1.79. The van der Waals surface area contributed by atoms with Crippen LogP contribution in [0.15, 0.2) is 53.1 Å². The molecule has 122 valence electrons. The van der Waals surface area contributed by atoms with Crippen LogP contribution in [-0.2, 0) is 11.2 Å². The van der Waals surface area contributed by atoms with Gasteiger partial charge in [-0.15, -0.1) is 0 Å². The second kappa shape index (κ2) is 6.95. The molecule has 6 nitrogen and oxygen atoms in total. The summed E-state index contributed by atoms with van der Waals surface area (Å²) in [5, 5.41) is 2.73. The topological polar surface area (TPSA) is 77.2 Å². The lowest BCUT2D eigenvalue weighted by Crippen LogP contribution is -2.15. The van der Waals surface area contributed by atoms with Crippen molar-refractivity contribution in [2.24, 2.45) is 0 Å². The number of hydrogen-bond donors (Lipinski definition) is 1.